The van der Waals surface area contributed by atoms with Crippen LogP contribution in [0.25, 0.3) is 0 Å². The van der Waals surface area contributed by atoms with E-state index in [0.29, 0.717) is 5.56 Å². The monoisotopic (exact) mass is 315 g/mol. The summed E-state index contributed by atoms with van der Waals surface area (Å²) in [6.45, 7) is 5.72. The smallest absolute Gasteiger partial charge is 0.247 e. The van der Waals surface area contributed by atoms with Gasteiger partial charge in [-0.2, -0.15) is 12.6 Å². The molecule has 3 nitrogen and oxygen atoms in total. The van der Waals surface area contributed by atoms with Gasteiger partial charge >= 0.3 is 0 Å². The van der Waals surface area contributed by atoms with E-state index in [0.717, 1.165) is 4.90 Å². The van der Waals surface area contributed by atoms with Crippen molar-refractivity contribution in [2.45, 2.75) is 37.9 Å². The van der Waals surface area contributed by atoms with Gasteiger partial charge in [-0.05, 0) is 17.0 Å². The minimum Gasteiger partial charge on any atom is -0.274 e. The van der Waals surface area contributed by atoms with Crippen LogP contribution in [0.4, 0.5) is 10.1 Å². The van der Waals surface area contributed by atoms with Crippen LogP contribution in [0, 0.1) is 5.82 Å². The second-order valence-electron chi connectivity index (χ2n) is 5.80. The van der Waals surface area contributed by atoms with Crippen molar-refractivity contribution in [1.29, 1.82) is 0 Å². The molecule has 6 heteroatoms. The molecule has 1 heterocycles. The van der Waals surface area contributed by atoms with Gasteiger partial charge in [-0.1, -0.05) is 38.4 Å². The molecular formula is C14H15ClFNO2S. The number of amides is 2. The lowest BCUT2D eigenvalue weighted by Crippen LogP contribution is -2.31. The molecule has 1 unspecified atom stereocenters. The highest BCUT2D eigenvalue weighted by Gasteiger charge is 2.39. The van der Waals surface area contributed by atoms with Crippen LogP contribution >= 0.6 is 24.2 Å². The highest BCUT2D eigenvalue weighted by Crippen LogP contribution is 2.37. The van der Waals surface area contributed by atoms with E-state index in [9.17, 15) is 14.0 Å². The van der Waals surface area contributed by atoms with E-state index >= 15 is 0 Å². The molecule has 0 saturated carbocycles. The molecule has 0 bridgehead atoms. The lowest BCUT2D eigenvalue weighted by molar-refractivity contribution is -0.121. The van der Waals surface area contributed by atoms with E-state index in [1.54, 1.807) is 6.07 Å². The van der Waals surface area contributed by atoms with Crippen LogP contribution in [0.15, 0.2) is 12.1 Å². The Bertz CT molecular complexity index is 598. The maximum absolute atomic E-state index is 14.4. The lowest BCUT2D eigenvalue weighted by atomic mass is 9.86. The summed E-state index contributed by atoms with van der Waals surface area (Å²) in [7, 11) is 0. The number of hydrogen-bond acceptors (Lipinski definition) is 3. The zero-order chi connectivity index (χ0) is 15.2. The first-order chi connectivity index (χ1) is 9.14. The van der Waals surface area contributed by atoms with Crippen molar-refractivity contribution in [2.24, 2.45) is 0 Å². The molecule has 108 valence electrons. The average molecular weight is 316 g/mol. The topological polar surface area (TPSA) is 37.4 Å². The molecule has 0 N–H and O–H groups in total. The molecule has 0 aromatic heterocycles. The fourth-order valence-corrected chi connectivity index (χ4v) is 2.88. The van der Waals surface area contributed by atoms with Gasteiger partial charge in [0.15, 0.2) is 5.82 Å². The summed E-state index contributed by atoms with van der Waals surface area (Å²) in [5.74, 6) is -1.73. The predicted molar refractivity (Wildman–Crippen MR) is 80.0 cm³/mol. The van der Waals surface area contributed by atoms with Crippen LogP contribution < -0.4 is 4.90 Å². The molecule has 2 rings (SSSR count). The van der Waals surface area contributed by atoms with Crippen LogP contribution in [0.5, 0.6) is 0 Å². The molecule has 1 fully saturated rings. The van der Waals surface area contributed by atoms with Gasteiger partial charge in [0, 0.05) is 6.42 Å². The normalized spacial score (nSPS) is 19.9. The molecule has 0 radical (unpaired) electrons. The second-order valence-corrected chi connectivity index (χ2v) is 6.80. The minimum absolute atomic E-state index is 0.0278. The van der Waals surface area contributed by atoms with Crippen LogP contribution in [-0.2, 0) is 15.0 Å². The van der Waals surface area contributed by atoms with Crippen molar-refractivity contribution in [2.75, 3.05) is 4.90 Å². The summed E-state index contributed by atoms with van der Waals surface area (Å²) in [5.41, 5.74) is 0.193. The van der Waals surface area contributed by atoms with Crippen molar-refractivity contribution in [1.82, 2.24) is 0 Å². The molecule has 1 saturated heterocycles. The first-order valence-electron chi connectivity index (χ1n) is 6.18. The van der Waals surface area contributed by atoms with Gasteiger partial charge in [-0.25, -0.2) is 9.29 Å². The Balaban J connectivity index is 2.53. The van der Waals surface area contributed by atoms with E-state index in [1.165, 1.54) is 6.07 Å². The van der Waals surface area contributed by atoms with Crippen molar-refractivity contribution >= 4 is 41.7 Å². The third-order valence-corrected chi connectivity index (χ3v) is 4.01. The SMILES string of the molecule is CC(C)(C)c1ccc(N2C(=O)CC(S)C2=O)c(F)c1Cl. The number of halogens is 2. The number of carbonyl (C=O) groups excluding carboxylic acids is 2. The van der Waals surface area contributed by atoms with Crippen molar-refractivity contribution in [3.63, 3.8) is 0 Å². The van der Waals surface area contributed by atoms with E-state index in [2.05, 4.69) is 12.6 Å². The summed E-state index contributed by atoms with van der Waals surface area (Å²) < 4.78 is 14.4. The summed E-state index contributed by atoms with van der Waals surface area (Å²) in [4.78, 5) is 24.5. The summed E-state index contributed by atoms with van der Waals surface area (Å²) in [5, 5.41) is -0.777. The molecule has 1 aliphatic rings. The maximum atomic E-state index is 14.4. The van der Waals surface area contributed by atoms with Gasteiger partial charge < -0.3 is 0 Å². The number of carbonyl (C=O) groups is 2. The average Bonchev–Trinajstić information content (AvgIpc) is 2.56. The number of benzene rings is 1. The summed E-state index contributed by atoms with van der Waals surface area (Å²) in [6.07, 6.45) is -0.0278. The van der Waals surface area contributed by atoms with E-state index < -0.39 is 22.9 Å². The number of rotatable bonds is 1. The largest absolute Gasteiger partial charge is 0.274 e. The fraction of sp³-hybridized carbons (Fsp3) is 0.429. The Morgan fingerprint density at radius 1 is 1.35 bits per heavy atom. The fourth-order valence-electron chi connectivity index (χ4n) is 2.16. The van der Waals surface area contributed by atoms with Crippen LogP contribution in [0.2, 0.25) is 5.02 Å². The first kappa shape index (κ1) is 15.3. The van der Waals surface area contributed by atoms with Gasteiger partial charge in [-0.3, -0.25) is 9.59 Å². The molecule has 1 aromatic rings. The van der Waals surface area contributed by atoms with Gasteiger partial charge in [-0.15, -0.1) is 0 Å². The Morgan fingerprint density at radius 2 is 1.95 bits per heavy atom. The van der Waals surface area contributed by atoms with Crippen molar-refractivity contribution in [3.8, 4) is 0 Å². The zero-order valence-electron chi connectivity index (χ0n) is 11.4. The van der Waals surface area contributed by atoms with Gasteiger partial charge in [0.1, 0.15) is 0 Å². The predicted octanol–water partition coefficient (Wildman–Crippen LogP) is 3.34. The molecule has 1 aromatic carbocycles. The first-order valence-corrected chi connectivity index (χ1v) is 7.07. The van der Waals surface area contributed by atoms with Gasteiger partial charge in [0.05, 0.1) is 16.0 Å². The van der Waals surface area contributed by atoms with E-state index in [-0.39, 0.29) is 22.5 Å². The highest BCUT2D eigenvalue weighted by atomic mass is 35.5. The maximum Gasteiger partial charge on any atom is 0.247 e. The standard InChI is InChI=1S/C14H15ClFNO2S/c1-14(2,3)7-4-5-8(12(16)11(7)15)17-10(18)6-9(20)13(17)19/h4-5,9,20H,6H2,1-3H3. The number of hydrogen-bond donors (Lipinski definition) is 1. The second kappa shape index (κ2) is 5.04. The Kier molecular flexibility index (Phi) is 3.86. The molecule has 1 aliphatic heterocycles. The van der Waals surface area contributed by atoms with Crippen LogP contribution in [0.1, 0.15) is 32.8 Å². The molecule has 20 heavy (non-hydrogen) atoms. The van der Waals surface area contributed by atoms with E-state index in [1.807, 2.05) is 20.8 Å². The molecule has 1 atom stereocenters. The quantitative estimate of drug-likeness (QED) is 0.637. The number of thiol groups is 1. The Labute approximate surface area is 127 Å². The Hall–Kier alpha value is -1.07. The van der Waals surface area contributed by atoms with Crippen LogP contribution in [-0.4, -0.2) is 17.1 Å². The third-order valence-electron chi connectivity index (χ3n) is 3.23. The number of nitrogens with zero attached hydrogens (tertiary/aromatic N) is 1. The van der Waals surface area contributed by atoms with Crippen molar-refractivity contribution in [3.05, 3.63) is 28.5 Å². The molecule has 2 amide bonds. The molecule has 0 aliphatic carbocycles. The Morgan fingerprint density at radius 3 is 2.40 bits per heavy atom. The van der Waals surface area contributed by atoms with Crippen LogP contribution in [0.3, 0.4) is 0 Å². The zero-order valence-corrected chi connectivity index (χ0v) is 13.1. The number of anilines is 1. The molecule has 0 spiro atoms. The number of imide groups is 1. The molecular weight excluding hydrogens is 301 g/mol. The van der Waals surface area contributed by atoms with Gasteiger partial charge in [0.25, 0.3) is 0 Å². The van der Waals surface area contributed by atoms with E-state index in [4.69, 9.17) is 11.6 Å². The lowest BCUT2D eigenvalue weighted by Gasteiger charge is -2.23. The summed E-state index contributed by atoms with van der Waals surface area (Å²) in [6, 6.07) is 3.07. The summed E-state index contributed by atoms with van der Waals surface area (Å²) >= 11 is 10.1. The van der Waals surface area contributed by atoms with Gasteiger partial charge in [0.2, 0.25) is 11.8 Å². The third kappa shape index (κ3) is 2.44. The minimum atomic E-state index is -0.747. The highest BCUT2D eigenvalue weighted by molar-refractivity contribution is 7.82. The van der Waals surface area contributed by atoms with Crippen molar-refractivity contribution < 1.29 is 14.0 Å².